The summed E-state index contributed by atoms with van der Waals surface area (Å²) in [6.45, 7) is 0.649. The van der Waals surface area contributed by atoms with Crippen molar-refractivity contribution in [3.05, 3.63) is 81.5 Å². The summed E-state index contributed by atoms with van der Waals surface area (Å²) in [5.41, 5.74) is 2.37. The number of nitrogens with zero attached hydrogens (tertiary/aromatic N) is 3. The highest BCUT2D eigenvalue weighted by Crippen LogP contribution is 2.29. The summed E-state index contributed by atoms with van der Waals surface area (Å²) in [6, 6.07) is 16.5. The molecule has 110 valence electrons. The van der Waals surface area contributed by atoms with Crippen LogP contribution < -0.4 is 0 Å². The summed E-state index contributed by atoms with van der Waals surface area (Å²) in [4.78, 5) is 10.5. The molecule has 0 saturated heterocycles. The van der Waals surface area contributed by atoms with E-state index in [4.69, 9.17) is 11.6 Å². The van der Waals surface area contributed by atoms with Gasteiger partial charge in [-0.1, -0.05) is 48.0 Å². The van der Waals surface area contributed by atoms with Gasteiger partial charge in [0.15, 0.2) is 0 Å². The van der Waals surface area contributed by atoms with Crippen LogP contribution in [0.15, 0.2) is 60.8 Å². The molecule has 3 rings (SSSR count). The minimum absolute atomic E-state index is 0.114. The van der Waals surface area contributed by atoms with Crippen LogP contribution in [0.25, 0.3) is 11.3 Å². The molecule has 6 heteroatoms. The van der Waals surface area contributed by atoms with E-state index in [9.17, 15) is 10.1 Å². The predicted octanol–water partition coefficient (Wildman–Crippen LogP) is 4.16. The van der Waals surface area contributed by atoms with Crippen molar-refractivity contribution in [3.8, 4) is 11.3 Å². The van der Waals surface area contributed by atoms with Gasteiger partial charge in [0.1, 0.15) is 5.02 Å². The highest BCUT2D eigenvalue weighted by Gasteiger charge is 2.14. The Morgan fingerprint density at radius 3 is 2.64 bits per heavy atom. The maximum atomic E-state index is 10.9. The molecule has 0 amide bonds. The zero-order valence-corrected chi connectivity index (χ0v) is 12.3. The van der Waals surface area contributed by atoms with Gasteiger partial charge in [-0.3, -0.25) is 14.8 Å². The smallest absolute Gasteiger partial charge is 0.268 e. The minimum atomic E-state index is -0.493. The third kappa shape index (κ3) is 2.99. The molecule has 0 atom stereocenters. The minimum Gasteiger partial charge on any atom is -0.268 e. The molecule has 1 aromatic heterocycles. The molecule has 1 heterocycles. The molecule has 22 heavy (non-hydrogen) atoms. The van der Waals surface area contributed by atoms with Crippen LogP contribution in [0.5, 0.6) is 0 Å². The second kappa shape index (κ2) is 5.99. The number of hydrogen-bond donors (Lipinski definition) is 0. The molecule has 2 aromatic carbocycles. The third-order valence-electron chi connectivity index (χ3n) is 3.27. The second-order valence-electron chi connectivity index (χ2n) is 4.81. The van der Waals surface area contributed by atoms with E-state index in [2.05, 4.69) is 5.10 Å². The topological polar surface area (TPSA) is 61.0 Å². The van der Waals surface area contributed by atoms with E-state index in [0.717, 1.165) is 5.56 Å². The summed E-state index contributed by atoms with van der Waals surface area (Å²) >= 11 is 5.82. The van der Waals surface area contributed by atoms with Crippen LogP contribution in [0.4, 0.5) is 5.69 Å². The number of nitro groups is 1. The standard InChI is InChI=1S/C16H12ClN3O2/c17-14-7-6-13(10-16(14)20(21)22)15-8-9-19(18-15)11-12-4-2-1-3-5-12/h1-10H,11H2. The van der Waals surface area contributed by atoms with Gasteiger partial charge < -0.3 is 0 Å². The molecule has 0 unspecified atom stereocenters. The zero-order valence-electron chi connectivity index (χ0n) is 11.5. The number of benzene rings is 2. The lowest BCUT2D eigenvalue weighted by Crippen LogP contribution is -2.00. The van der Waals surface area contributed by atoms with Gasteiger partial charge in [-0.15, -0.1) is 0 Å². The van der Waals surface area contributed by atoms with Gasteiger partial charge in [0.05, 0.1) is 17.2 Å². The quantitative estimate of drug-likeness (QED) is 0.536. The first-order valence-electron chi connectivity index (χ1n) is 6.65. The van der Waals surface area contributed by atoms with Gasteiger partial charge in [0, 0.05) is 17.8 Å². The van der Waals surface area contributed by atoms with Crippen LogP contribution in [0, 0.1) is 10.1 Å². The Bertz CT molecular complexity index is 815. The SMILES string of the molecule is O=[N+]([O-])c1cc(-c2ccn(Cc3ccccc3)n2)ccc1Cl. The molecule has 0 bridgehead atoms. The Morgan fingerprint density at radius 2 is 1.91 bits per heavy atom. The summed E-state index contributed by atoms with van der Waals surface area (Å²) in [6.07, 6.45) is 1.85. The molecular formula is C16H12ClN3O2. The van der Waals surface area contributed by atoms with E-state index in [0.29, 0.717) is 17.8 Å². The lowest BCUT2D eigenvalue weighted by atomic mass is 10.1. The van der Waals surface area contributed by atoms with Crippen molar-refractivity contribution in [2.45, 2.75) is 6.54 Å². The Kier molecular flexibility index (Phi) is 3.89. The van der Waals surface area contributed by atoms with E-state index < -0.39 is 4.92 Å². The lowest BCUT2D eigenvalue weighted by Gasteiger charge is -2.02. The fraction of sp³-hybridized carbons (Fsp3) is 0.0625. The van der Waals surface area contributed by atoms with E-state index in [1.54, 1.807) is 10.7 Å². The Labute approximate surface area is 131 Å². The van der Waals surface area contributed by atoms with E-state index in [1.165, 1.54) is 12.1 Å². The van der Waals surface area contributed by atoms with Gasteiger partial charge in [0.25, 0.3) is 5.69 Å². The maximum Gasteiger partial charge on any atom is 0.288 e. The van der Waals surface area contributed by atoms with Crippen LogP contribution in [0.3, 0.4) is 0 Å². The first kappa shape index (κ1) is 14.3. The van der Waals surface area contributed by atoms with Crippen LogP contribution >= 0.6 is 11.6 Å². The summed E-state index contributed by atoms with van der Waals surface area (Å²) in [5.74, 6) is 0. The van der Waals surface area contributed by atoms with Crippen molar-refractivity contribution >= 4 is 17.3 Å². The van der Waals surface area contributed by atoms with Crippen molar-refractivity contribution in [2.75, 3.05) is 0 Å². The van der Waals surface area contributed by atoms with Crippen LogP contribution in [-0.4, -0.2) is 14.7 Å². The lowest BCUT2D eigenvalue weighted by molar-refractivity contribution is -0.384. The average molecular weight is 314 g/mol. The predicted molar refractivity (Wildman–Crippen MR) is 84.9 cm³/mol. The number of halogens is 1. The normalized spacial score (nSPS) is 10.6. The second-order valence-corrected chi connectivity index (χ2v) is 5.21. The van der Waals surface area contributed by atoms with Crippen LogP contribution in [-0.2, 0) is 6.54 Å². The molecule has 0 aliphatic carbocycles. The van der Waals surface area contributed by atoms with Crippen molar-refractivity contribution in [1.29, 1.82) is 0 Å². The van der Waals surface area contributed by atoms with Crippen molar-refractivity contribution in [2.24, 2.45) is 0 Å². The van der Waals surface area contributed by atoms with E-state index >= 15 is 0 Å². The largest absolute Gasteiger partial charge is 0.288 e. The van der Waals surface area contributed by atoms with Gasteiger partial charge in [-0.25, -0.2) is 0 Å². The fourth-order valence-corrected chi connectivity index (χ4v) is 2.37. The Balaban J connectivity index is 1.88. The molecule has 0 fully saturated rings. The summed E-state index contributed by atoms with van der Waals surface area (Å²) in [5, 5.41) is 15.5. The van der Waals surface area contributed by atoms with Gasteiger partial charge in [-0.2, -0.15) is 5.10 Å². The summed E-state index contributed by atoms with van der Waals surface area (Å²) < 4.78 is 1.80. The molecule has 3 aromatic rings. The van der Waals surface area contributed by atoms with E-state index in [1.807, 2.05) is 42.6 Å². The van der Waals surface area contributed by atoms with Crippen LogP contribution in [0.2, 0.25) is 5.02 Å². The average Bonchev–Trinajstić information content (AvgIpc) is 2.97. The van der Waals surface area contributed by atoms with E-state index in [-0.39, 0.29) is 10.7 Å². The molecule has 0 aliphatic rings. The number of rotatable bonds is 4. The summed E-state index contributed by atoms with van der Waals surface area (Å²) in [7, 11) is 0. The first-order chi connectivity index (χ1) is 10.6. The first-order valence-corrected chi connectivity index (χ1v) is 7.03. The highest BCUT2D eigenvalue weighted by molar-refractivity contribution is 6.32. The molecule has 5 nitrogen and oxygen atoms in total. The molecule has 0 aliphatic heterocycles. The molecular weight excluding hydrogens is 302 g/mol. The van der Waals surface area contributed by atoms with Gasteiger partial charge >= 0.3 is 0 Å². The van der Waals surface area contributed by atoms with Gasteiger partial charge in [0.2, 0.25) is 0 Å². The number of aromatic nitrogens is 2. The monoisotopic (exact) mass is 313 g/mol. The zero-order chi connectivity index (χ0) is 15.5. The van der Waals surface area contributed by atoms with Crippen molar-refractivity contribution < 1.29 is 4.92 Å². The molecule has 0 spiro atoms. The molecule has 0 N–H and O–H groups in total. The molecule has 0 saturated carbocycles. The van der Waals surface area contributed by atoms with Crippen molar-refractivity contribution in [3.63, 3.8) is 0 Å². The van der Waals surface area contributed by atoms with Crippen LogP contribution in [0.1, 0.15) is 5.56 Å². The fourth-order valence-electron chi connectivity index (χ4n) is 2.19. The Morgan fingerprint density at radius 1 is 1.14 bits per heavy atom. The highest BCUT2D eigenvalue weighted by atomic mass is 35.5. The molecule has 0 radical (unpaired) electrons. The third-order valence-corrected chi connectivity index (χ3v) is 3.59. The number of nitro benzene ring substituents is 1. The Hall–Kier alpha value is -2.66. The van der Waals surface area contributed by atoms with Crippen molar-refractivity contribution in [1.82, 2.24) is 9.78 Å². The maximum absolute atomic E-state index is 10.9. The van der Waals surface area contributed by atoms with Gasteiger partial charge in [-0.05, 0) is 17.7 Å². The number of hydrogen-bond acceptors (Lipinski definition) is 3.